The molecule has 2 N–H and O–H groups in total. The number of nitrogens with one attached hydrogen (secondary N) is 1. The van der Waals surface area contributed by atoms with Crippen LogP contribution in [0.2, 0.25) is 0 Å². The molecule has 1 aliphatic rings. The number of aliphatic hydroxyl groups excluding tert-OH is 1. The number of likely N-dealkylation sites (N-methyl/N-ethyl adjacent to an activating group) is 1. The summed E-state index contributed by atoms with van der Waals surface area (Å²) in [4.78, 5) is 27.0. The molecule has 42 heavy (non-hydrogen) atoms. The normalized spacial score (nSPS) is 18.8. The predicted molar refractivity (Wildman–Crippen MR) is 149 cm³/mol. The fourth-order valence-corrected chi connectivity index (χ4v) is 5.67. The molecule has 0 aliphatic carbocycles. The second kappa shape index (κ2) is 13.7. The van der Waals surface area contributed by atoms with Crippen molar-refractivity contribution in [2.75, 3.05) is 39.2 Å². The van der Waals surface area contributed by atoms with Gasteiger partial charge in [0.1, 0.15) is 17.6 Å². The van der Waals surface area contributed by atoms with Crippen molar-refractivity contribution in [3.63, 3.8) is 0 Å². The molecular formula is C28H36F3N3O7S. The Morgan fingerprint density at radius 1 is 1.24 bits per heavy atom. The minimum atomic E-state index is -4.48. The van der Waals surface area contributed by atoms with Gasteiger partial charge in [-0.2, -0.15) is 17.5 Å². The lowest BCUT2D eigenvalue weighted by atomic mass is 10.0. The van der Waals surface area contributed by atoms with Crippen molar-refractivity contribution >= 4 is 27.5 Å². The summed E-state index contributed by atoms with van der Waals surface area (Å²) in [6.07, 6.45) is -7.42. The van der Waals surface area contributed by atoms with Crippen molar-refractivity contribution in [1.29, 1.82) is 0 Å². The molecule has 0 saturated carbocycles. The van der Waals surface area contributed by atoms with Crippen LogP contribution < -0.4 is 14.8 Å². The fourth-order valence-electron chi connectivity index (χ4n) is 4.48. The highest BCUT2D eigenvalue weighted by Gasteiger charge is 2.34. The van der Waals surface area contributed by atoms with Gasteiger partial charge >= 0.3 is 6.18 Å². The second-order valence-electron chi connectivity index (χ2n) is 10.3. The molecular weight excluding hydrogens is 579 g/mol. The molecule has 0 aromatic heterocycles. The Hall–Kier alpha value is -3.36. The Morgan fingerprint density at radius 3 is 2.50 bits per heavy atom. The highest BCUT2D eigenvalue weighted by molar-refractivity contribution is 7.89. The summed E-state index contributed by atoms with van der Waals surface area (Å²) >= 11 is 0. The summed E-state index contributed by atoms with van der Waals surface area (Å²) in [5.74, 6) is -0.796. The number of aliphatic hydroxyl groups is 1. The summed E-state index contributed by atoms with van der Waals surface area (Å²) in [6.45, 7) is 3.26. The molecule has 3 atom stereocenters. The lowest BCUT2D eigenvalue weighted by Crippen LogP contribution is -2.48. The molecule has 3 rings (SSSR count). The first-order chi connectivity index (χ1) is 19.6. The van der Waals surface area contributed by atoms with Crippen LogP contribution in [-0.4, -0.2) is 86.7 Å². The molecule has 2 aromatic carbocycles. The average Bonchev–Trinajstić information content (AvgIpc) is 2.98. The van der Waals surface area contributed by atoms with E-state index in [0.29, 0.717) is 11.3 Å². The van der Waals surface area contributed by atoms with Crippen molar-refractivity contribution in [3.05, 3.63) is 48.0 Å². The number of amides is 2. The van der Waals surface area contributed by atoms with Crippen LogP contribution >= 0.6 is 0 Å². The molecule has 2 aromatic rings. The van der Waals surface area contributed by atoms with Gasteiger partial charge in [-0.05, 0) is 49.4 Å². The first kappa shape index (κ1) is 33.1. The number of hydrogen-bond acceptors (Lipinski definition) is 7. The minimum absolute atomic E-state index is 0.0542. The van der Waals surface area contributed by atoms with Crippen LogP contribution in [0.15, 0.2) is 47.4 Å². The largest absolute Gasteiger partial charge is 0.497 e. The van der Waals surface area contributed by atoms with Gasteiger partial charge in [-0.15, -0.1) is 0 Å². The van der Waals surface area contributed by atoms with Gasteiger partial charge in [0.05, 0.1) is 44.0 Å². The summed E-state index contributed by atoms with van der Waals surface area (Å²) in [6, 6.07) is 9.78. The Bertz CT molecular complexity index is 1350. The predicted octanol–water partition coefficient (Wildman–Crippen LogP) is 3.45. The van der Waals surface area contributed by atoms with E-state index in [1.807, 2.05) is 6.92 Å². The van der Waals surface area contributed by atoms with Crippen LogP contribution in [0.5, 0.6) is 11.5 Å². The van der Waals surface area contributed by atoms with Crippen LogP contribution in [-0.2, 0) is 26.0 Å². The number of carbonyl (C=O) groups is 2. The van der Waals surface area contributed by atoms with E-state index in [4.69, 9.17) is 9.47 Å². The highest BCUT2D eigenvalue weighted by atomic mass is 32.2. The van der Waals surface area contributed by atoms with Crippen LogP contribution in [0.25, 0.3) is 0 Å². The zero-order valence-electron chi connectivity index (χ0n) is 23.8. The molecule has 0 spiro atoms. The molecule has 0 fully saturated rings. The maximum absolute atomic E-state index is 13.3. The van der Waals surface area contributed by atoms with Crippen molar-refractivity contribution in [2.24, 2.45) is 5.92 Å². The minimum Gasteiger partial charge on any atom is -0.497 e. The van der Waals surface area contributed by atoms with Crippen LogP contribution in [0.1, 0.15) is 32.3 Å². The zero-order chi connectivity index (χ0) is 31.2. The van der Waals surface area contributed by atoms with Gasteiger partial charge in [-0.25, -0.2) is 8.42 Å². The van der Waals surface area contributed by atoms with E-state index in [1.165, 1.54) is 61.5 Å². The number of sulfonamides is 1. The van der Waals surface area contributed by atoms with Gasteiger partial charge in [0.25, 0.3) is 0 Å². The quantitative estimate of drug-likeness (QED) is 0.420. The number of ether oxygens (including phenoxy) is 2. The van der Waals surface area contributed by atoms with E-state index in [2.05, 4.69) is 5.32 Å². The number of nitrogens with zero attached hydrogens (tertiary/aromatic N) is 2. The third-order valence-corrected chi connectivity index (χ3v) is 8.88. The summed E-state index contributed by atoms with van der Waals surface area (Å²) < 4.78 is 76.8. The molecule has 10 nitrogen and oxygen atoms in total. The van der Waals surface area contributed by atoms with Gasteiger partial charge in [0, 0.05) is 37.2 Å². The Labute approximate surface area is 243 Å². The lowest BCUT2D eigenvalue weighted by Gasteiger charge is -2.33. The van der Waals surface area contributed by atoms with Crippen LogP contribution in [0, 0.1) is 5.92 Å². The van der Waals surface area contributed by atoms with Gasteiger partial charge < -0.3 is 24.8 Å². The molecule has 232 valence electrons. The number of anilines is 1. The molecule has 2 amide bonds. The standard InChI is InChI=1S/C28H36F3N3O7S/c1-18-15-34(19(2)17-35)27(37)14-20-13-21(32-26(36)11-12-28(29,30)31)5-10-24(20)41-25(18)16-33(3)42(38,39)23-8-6-22(40-4)7-9-23/h5-10,13,18-19,25,35H,11-12,14-17H2,1-4H3,(H,32,36)/t18-,19-,25-/m1/s1. The number of halogens is 3. The Balaban J connectivity index is 1.91. The molecule has 14 heteroatoms. The van der Waals surface area contributed by atoms with E-state index < -0.39 is 47.1 Å². The van der Waals surface area contributed by atoms with E-state index in [9.17, 15) is 36.3 Å². The van der Waals surface area contributed by atoms with Crippen LogP contribution in [0.4, 0.5) is 18.9 Å². The first-order valence-electron chi connectivity index (χ1n) is 13.3. The smallest absolute Gasteiger partial charge is 0.389 e. The second-order valence-corrected chi connectivity index (χ2v) is 12.4. The van der Waals surface area contributed by atoms with Crippen molar-refractivity contribution < 1.29 is 45.8 Å². The SMILES string of the molecule is COc1ccc(S(=O)(=O)N(C)C[C@H]2Oc3ccc(NC(=O)CCC(F)(F)F)cc3CC(=O)N([C@H](C)CO)C[C@H]2C)cc1. The number of alkyl halides is 3. The molecule has 1 heterocycles. The first-order valence-corrected chi connectivity index (χ1v) is 14.8. The van der Waals surface area contributed by atoms with Gasteiger partial charge in [0.15, 0.2) is 0 Å². The highest BCUT2D eigenvalue weighted by Crippen LogP contribution is 2.30. The summed E-state index contributed by atoms with van der Waals surface area (Å²) in [7, 11) is -1.04. The number of hydrogen-bond donors (Lipinski definition) is 2. The van der Waals surface area contributed by atoms with Crippen molar-refractivity contribution in [2.45, 2.75) is 56.3 Å². The number of benzene rings is 2. The number of fused-ring (bicyclic) bond motifs is 1. The topological polar surface area (TPSA) is 125 Å². The number of rotatable bonds is 10. The monoisotopic (exact) mass is 615 g/mol. The molecule has 1 aliphatic heterocycles. The Morgan fingerprint density at radius 2 is 1.90 bits per heavy atom. The summed E-state index contributed by atoms with van der Waals surface area (Å²) in [5, 5.41) is 12.2. The van der Waals surface area contributed by atoms with Gasteiger partial charge in [-0.3, -0.25) is 9.59 Å². The summed E-state index contributed by atoms with van der Waals surface area (Å²) in [5.41, 5.74) is 0.533. The third kappa shape index (κ3) is 8.58. The van der Waals surface area contributed by atoms with E-state index in [0.717, 1.165) is 4.31 Å². The maximum atomic E-state index is 13.3. The van der Waals surface area contributed by atoms with E-state index in [1.54, 1.807) is 6.92 Å². The fraction of sp³-hybridized carbons (Fsp3) is 0.500. The third-order valence-electron chi connectivity index (χ3n) is 7.04. The number of carbonyl (C=O) groups excluding carboxylic acids is 2. The average molecular weight is 616 g/mol. The Kier molecular flexibility index (Phi) is 10.8. The zero-order valence-corrected chi connectivity index (χ0v) is 24.7. The van der Waals surface area contributed by atoms with Gasteiger partial charge in [-0.1, -0.05) is 6.92 Å². The van der Waals surface area contributed by atoms with Crippen LogP contribution in [0.3, 0.4) is 0 Å². The molecule has 0 unspecified atom stereocenters. The van der Waals surface area contributed by atoms with Crippen molar-refractivity contribution in [1.82, 2.24) is 9.21 Å². The molecule has 0 bridgehead atoms. The molecule has 0 radical (unpaired) electrons. The lowest BCUT2D eigenvalue weighted by molar-refractivity contribution is -0.142. The van der Waals surface area contributed by atoms with Gasteiger partial charge in [0.2, 0.25) is 21.8 Å². The number of methoxy groups -OCH3 is 1. The van der Waals surface area contributed by atoms with E-state index >= 15 is 0 Å². The van der Waals surface area contributed by atoms with Crippen molar-refractivity contribution in [3.8, 4) is 11.5 Å². The maximum Gasteiger partial charge on any atom is 0.389 e. The molecule has 0 saturated heterocycles. The van der Waals surface area contributed by atoms with E-state index in [-0.39, 0.29) is 54.3 Å².